The monoisotopic (exact) mass is 588 g/mol. The summed E-state index contributed by atoms with van der Waals surface area (Å²) in [6.45, 7) is 3.09. The molecule has 3 heteroatoms. The van der Waals surface area contributed by atoms with Gasteiger partial charge in [-0.2, -0.15) is 0 Å². The molecule has 0 spiro atoms. The van der Waals surface area contributed by atoms with Gasteiger partial charge in [-0.3, -0.25) is 0 Å². The molecule has 3 aromatic carbocycles. The van der Waals surface area contributed by atoms with Gasteiger partial charge >= 0.3 is 136 Å². The van der Waals surface area contributed by atoms with Gasteiger partial charge < -0.3 is 5.32 Å². The zero-order valence-electron chi connectivity index (χ0n) is 17.8. The third-order valence-corrected chi connectivity index (χ3v) is 9.48. The van der Waals surface area contributed by atoms with Crippen molar-refractivity contribution < 1.29 is 30.5 Å². The molecule has 1 aliphatic carbocycles. The molecule has 0 saturated heterocycles. The first-order chi connectivity index (χ1) is 14.6. The second-order valence-corrected chi connectivity index (χ2v) is 13.0. The van der Waals surface area contributed by atoms with Crippen LogP contribution in [0.2, 0.25) is 3.43 Å². The number of hydrogen-bond donors (Lipinski definition) is 1. The predicted octanol–water partition coefficient (Wildman–Crippen LogP) is 7.97. The molecule has 0 heterocycles. The van der Waals surface area contributed by atoms with E-state index in [1.807, 2.05) is 36.4 Å². The van der Waals surface area contributed by atoms with Gasteiger partial charge in [0.1, 0.15) is 0 Å². The van der Waals surface area contributed by atoms with Crippen molar-refractivity contribution in [3.05, 3.63) is 78.1 Å². The zero-order chi connectivity index (χ0) is 20.9. The van der Waals surface area contributed by atoms with Crippen molar-refractivity contribution >= 4 is 5.69 Å². The molecular weight excluding hydrogens is 558 g/mol. The zero-order valence-corrected chi connectivity index (χ0v) is 23.3. The number of anilines is 1. The molecule has 0 amide bonds. The van der Waals surface area contributed by atoms with Crippen LogP contribution in [0.5, 0.6) is 0 Å². The van der Waals surface area contributed by atoms with E-state index in [-0.39, 0.29) is 5.82 Å². The first-order valence-electron chi connectivity index (χ1n) is 11.2. The van der Waals surface area contributed by atoms with E-state index in [2.05, 4.69) is 36.5 Å². The molecule has 0 aliphatic heterocycles. The molecule has 4 rings (SSSR count). The SMILES string of the molecule is CCCNc1ccc(-c2ccc(-c3ccc(C4CC[CH]([Hg])CC4)cc3)cc2F)cc1. The van der Waals surface area contributed by atoms with Gasteiger partial charge in [0.2, 0.25) is 0 Å². The van der Waals surface area contributed by atoms with Crippen LogP contribution in [0.1, 0.15) is 50.5 Å². The number of nitrogens with one attached hydrogen (secondary N) is 1. The fraction of sp³-hybridized carbons (Fsp3) is 0.333. The van der Waals surface area contributed by atoms with Gasteiger partial charge in [-0.05, 0) is 24.1 Å². The average Bonchev–Trinajstić information content (AvgIpc) is 2.79. The number of hydrogen-bond acceptors (Lipinski definition) is 1. The molecule has 1 nitrogen and oxygen atoms in total. The van der Waals surface area contributed by atoms with E-state index < -0.39 is 0 Å². The van der Waals surface area contributed by atoms with Crippen molar-refractivity contribution in [2.75, 3.05) is 11.9 Å². The van der Waals surface area contributed by atoms with Crippen LogP contribution in [0, 0.1) is 5.82 Å². The maximum absolute atomic E-state index is 14.9. The third-order valence-electron chi connectivity index (χ3n) is 6.31. The van der Waals surface area contributed by atoms with Crippen molar-refractivity contribution in [3.63, 3.8) is 0 Å². The fourth-order valence-electron chi connectivity index (χ4n) is 4.41. The number of benzene rings is 3. The van der Waals surface area contributed by atoms with E-state index in [0.717, 1.165) is 64.9 Å². The third kappa shape index (κ3) is 5.14. The molecule has 0 radical (unpaired) electrons. The summed E-state index contributed by atoms with van der Waals surface area (Å²) in [4.78, 5) is 0. The minimum Gasteiger partial charge on any atom is -0.0522 e. The average molecular weight is 587 g/mol. The molecule has 1 N–H and O–H groups in total. The van der Waals surface area contributed by atoms with E-state index in [4.69, 9.17) is 0 Å². The Bertz CT molecular complexity index is 957. The summed E-state index contributed by atoms with van der Waals surface area (Å²) in [5.74, 6) is 0.547. The molecule has 1 saturated carbocycles. The van der Waals surface area contributed by atoms with Gasteiger partial charge in [-0.1, -0.05) is 19.1 Å². The Morgan fingerprint density at radius 3 is 2.10 bits per heavy atom. The fourth-order valence-corrected chi connectivity index (χ4v) is 6.24. The molecule has 151 valence electrons. The summed E-state index contributed by atoms with van der Waals surface area (Å²) in [7, 11) is 0. The molecule has 0 unspecified atom stereocenters. The van der Waals surface area contributed by atoms with Crippen molar-refractivity contribution in [2.24, 2.45) is 0 Å². The van der Waals surface area contributed by atoms with Crippen molar-refractivity contribution in [3.8, 4) is 22.3 Å². The Hall–Kier alpha value is -1.67. The van der Waals surface area contributed by atoms with E-state index >= 15 is 0 Å². The van der Waals surface area contributed by atoms with Crippen molar-refractivity contribution in [2.45, 2.75) is 48.4 Å². The van der Waals surface area contributed by atoms with Crippen molar-refractivity contribution in [1.29, 1.82) is 0 Å². The second-order valence-electron chi connectivity index (χ2n) is 8.54. The van der Waals surface area contributed by atoms with E-state index in [0.29, 0.717) is 11.5 Å². The maximum atomic E-state index is 14.9. The summed E-state index contributed by atoms with van der Waals surface area (Å²) in [5, 5.41) is 3.36. The Morgan fingerprint density at radius 1 is 0.833 bits per heavy atom. The minimum absolute atomic E-state index is 0.169. The first-order valence-corrected chi connectivity index (χ1v) is 14.4. The Labute approximate surface area is 196 Å². The van der Waals surface area contributed by atoms with Gasteiger partial charge in [0, 0.05) is 12.2 Å². The summed E-state index contributed by atoms with van der Waals surface area (Å²) in [6.07, 6.45) is 6.59. The Morgan fingerprint density at radius 2 is 1.47 bits per heavy atom. The number of rotatable bonds is 6. The van der Waals surface area contributed by atoms with Gasteiger partial charge in [-0.15, -0.1) is 0 Å². The Kier molecular flexibility index (Phi) is 7.25. The van der Waals surface area contributed by atoms with Crippen LogP contribution in [0.4, 0.5) is 10.1 Å². The molecular formula is C27H29FHgN. The van der Waals surface area contributed by atoms with E-state index in [1.165, 1.54) is 31.2 Å². The molecule has 0 aromatic heterocycles. The summed E-state index contributed by atoms with van der Waals surface area (Å²) in [6, 6.07) is 22.5. The molecule has 0 atom stereocenters. The van der Waals surface area contributed by atoms with Crippen LogP contribution in [0.15, 0.2) is 66.7 Å². The Balaban J connectivity index is 1.49. The van der Waals surface area contributed by atoms with Gasteiger partial charge in [0.25, 0.3) is 0 Å². The normalized spacial score (nSPS) is 18.9. The van der Waals surface area contributed by atoms with Gasteiger partial charge in [0.05, 0.1) is 0 Å². The summed E-state index contributed by atoms with van der Waals surface area (Å²) < 4.78 is 16.0. The van der Waals surface area contributed by atoms with E-state index in [9.17, 15) is 4.39 Å². The molecule has 30 heavy (non-hydrogen) atoms. The van der Waals surface area contributed by atoms with Crippen LogP contribution in [0.3, 0.4) is 0 Å². The van der Waals surface area contributed by atoms with Crippen molar-refractivity contribution in [1.82, 2.24) is 0 Å². The van der Waals surface area contributed by atoms with Gasteiger partial charge in [0.15, 0.2) is 0 Å². The molecule has 3 aromatic rings. The first kappa shape index (κ1) is 21.6. The van der Waals surface area contributed by atoms with Gasteiger partial charge in [-0.25, -0.2) is 0 Å². The topological polar surface area (TPSA) is 12.0 Å². The second kappa shape index (κ2) is 10.1. The molecule has 0 bridgehead atoms. The predicted molar refractivity (Wildman–Crippen MR) is 121 cm³/mol. The van der Waals surface area contributed by atoms with Crippen LogP contribution < -0.4 is 5.32 Å². The van der Waals surface area contributed by atoms with Crippen LogP contribution >= 0.6 is 0 Å². The number of halogens is 1. The van der Waals surface area contributed by atoms with Crippen LogP contribution in [-0.4, -0.2) is 6.54 Å². The van der Waals surface area contributed by atoms with Crippen LogP contribution in [0.25, 0.3) is 22.3 Å². The summed E-state index contributed by atoms with van der Waals surface area (Å²) >= 11 is 0.927. The molecule has 1 fully saturated rings. The standard InChI is InChI=1S/C27H29FN.Hg/c1-2-18-29-25-15-12-23(13-16-25)26-17-14-24(19-27(26)28)22-10-8-21(9-11-22)20-6-4-3-5-7-20;/h3,8-17,19-20,29H,2,4-7,18H2,1H3;. The quantitative estimate of drug-likeness (QED) is 0.289. The van der Waals surface area contributed by atoms with E-state index in [1.54, 1.807) is 6.07 Å². The smallest absolute Gasteiger partial charge is 0.0522 e. The minimum atomic E-state index is -0.169. The molecule has 1 aliphatic rings. The summed E-state index contributed by atoms with van der Waals surface area (Å²) in [5.41, 5.74) is 6.12. The van der Waals surface area contributed by atoms with Crippen LogP contribution in [-0.2, 0) is 26.1 Å².